The predicted molar refractivity (Wildman–Crippen MR) is 173 cm³/mol. The number of rotatable bonds is 0. The first-order valence-corrected chi connectivity index (χ1v) is 0. The van der Waals surface area contributed by atoms with Crippen molar-refractivity contribution in [1.29, 1.82) is 0 Å². The molecule has 0 saturated heterocycles. The Morgan fingerprint density at radius 1 is 0.0690 bits per heavy atom. The van der Waals surface area contributed by atoms with Crippen LogP contribution in [0.4, 0.5) is 0 Å². The fraction of sp³-hybridized carbons (Fsp3) is 0. The molecule has 80 N–H and O–H groups in total. The van der Waals surface area contributed by atoms with E-state index in [1.165, 1.54) is 0 Å². The summed E-state index contributed by atoms with van der Waals surface area (Å²) in [6, 6.07) is 0. The van der Waals surface area contributed by atoms with Crippen molar-refractivity contribution in [2.24, 2.45) is 0 Å². The summed E-state index contributed by atoms with van der Waals surface area (Å²) in [7, 11) is 0. The van der Waals surface area contributed by atoms with Gasteiger partial charge < -0.3 is 219 Å². The molecular weight excluding hydrogens is 3040 g/mol. The van der Waals surface area contributed by atoms with Crippen LogP contribution in [0, 0.1) is 0 Å². The van der Waals surface area contributed by atoms with E-state index in [1.54, 1.807) is 0 Å². The van der Waals surface area contributed by atoms with Crippen LogP contribution in [0.5, 0.6) is 0 Å². The second-order valence-electron chi connectivity index (χ2n) is 0. The number of hydrogen-bond acceptors (Lipinski definition) is 0. The molecule has 40 nitrogen and oxygen atoms in total. The van der Waals surface area contributed by atoms with Gasteiger partial charge in [0.25, 0.3) is 0 Å². The van der Waals surface area contributed by atoms with Crippen LogP contribution in [-0.4, -0.2) is 476 Å². The molecule has 0 aliphatic carbocycles. The normalized spacial score (nSPS) is 0. The molecule has 399 valence electrons. The molecule has 0 saturated carbocycles. The molecule has 0 rings (SSSR count). The molecule has 0 amide bonds. The number of hydrogen-bond donors (Lipinski definition) is 0. The van der Waals surface area contributed by atoms with Gasteiger partial charge in [0.05, 0.1) is 0 Å². The van der Waals surface area contributed by atoms with E-state index in [-0.39, 0.29) is 760 Å². The minimum absolute atomic E-state index is 0. The molecule has 0 aliphatic rings. The average Bonchev–Trinajstić information content (AvgIpc) is 0. The second kappa shape index (κ2) is 1490. The van der Waals surface area contributed by atoms with Crippen molar-refractivity contribution in [1.82, 2.24) is 0 Å². The van der Waals surface area contributed by atoms with Gasteiger partial charge >= 0.3 is 0 Å². The maximum Gasteiger partial charge on any atom is 0 e. The van der Waals surface area contributed by atoms with Crippen LogP contribution in [-0.2, 0) is 284 Å². The van der Waals surface area contributed by atoms with Gasteiger partial charge in [0.15, 0.2) is 0 Å². The average molecular weight is 3120 g/mol. The van der Waals surface area contributed by atoms with Crippen LogP contribution in [0.25, 0.3) is 0 Å². The molecule has 0 fully saturated rings. The Morgan fingerprint density at radius 2 is 0.0690 bits per heavy atom. The molecule has 0 bridgehead atoms. The van der Waals surface area contributed by atoms with Gasteiger partial charge in [-0.15, -0.1) is 0 Å². The maximum atomic E-state index is 0. The zero-order chi connectivity index (χ0) is 0. The molecule has 0 heterocycles. The summed E-state index contributed by atoms with van der Waals surface area (Å²) in [5.41, 5.74) is 0. The Morgan fingerprint density at radius 3 is 0.0690 bits per heavy atom. The third-order valence-electron chi connectivity index (χ3n) is 0. The van der Waals surface area contributed by atoms with E-state index in [0.717, 1.165) is 0 Å². The summed E-state index contributed by atoms with van der Waals surface area (Å²) in [5.74, 6) is 0. The third-order valence-corrected chi connectivity index (χ3v) is 0. The molecule has 0 aromatic heterocycles. The van der Waals surface area contributed by atoms with Gasteiger partial charge in [0, 0.05) is 541 Å². The van der Waals surface area contributed by atoms with Crippen molar-refractivity contribution >= 4 is 257 Å². The van der Waals surface area contributed by atoms with Crippen LogP contribution in [0.1, 0.15) is 0 Å². The Kier molecular flexibility index (Phi) is 39800. The van der Waals surface area contributed by atoms with Crippen LogP contribution >= 0.6 is 0 Å². The quantitative estimate of drug-likeness (QED) is 0.204. The SMILES string of the molecule is O.O.O.O.O.O.O.O.O.O.O.O.O.O.O.O.O.O.O.O.O.O.O.O.O.O.O.O.O.O.O.O.O.O.O.O.O.O.O.O.[K].[K].[K].[K].[K].[W].[W].[W].[W].[W].[W].[W].[W].[W].[W].[W].[Zr].[Zr]. The van der Waals surface area contributed by atoms with Crippen molar-refractivity contribution in [2.75, 3.05) is 0 Å². The zero-order valence-corrected chi connectivity index (χ0v) is 83.3. The van der Waals surface area contributed by atoms with E-state index in [4.69, 9.17) is 0 Å². The third kappa shape index (κ3) is 1430. The predicted octanol–water partition coefficient (Wildman–Crippen LogP) is -34.9. The molecule has 0 aromatic rings. The molecule has 0 unspecified atom stereocenters. The van der Waals surface area contributed by atoms with E-state index in [9.17, 15) is 0 Å². The summed E-state index contributed by atoms with van der Waals surface area (Å²) in [6.45, 7) is 0. The first-order valence-electron chi connectivity index (χ1n) is 0. The van der Waals surface area contributed by atoms with Gasteiger partial charge in [0.2, 0.25) is 0 Å². The minimum atomic E-state index is 0. The first-order chi connectivity index (χ1) is 0. The van der Waals surface area contributed by atoms with E-state index >= 15 is 0 Å². The van der Waals surface area contributed by atoms with E-state index in [1.807, 2.05) is 0 Å². The first kappa shape index (κ1) is 1550. The van der Waals surface area contributed by atoms with Gasteiger partial charge in [-0.25, -0.2) is 0 Å². The summed E-state index contributed by atoms with van der Waals surface area (Å²) in [6.07, 6.45) is 0. The molecule has 58 heteroatoms. The van der Waals surface area contributed by atoms with Crippen LogP contribution in [0.2, 0.25) is 0 Å². The van der Waals surface area contributed by atoms with Crippen molar-refractivity contribution in [2.45, 2.75) is 0 Å². The largest absolute Gasteiger partial charge is 0.412 e. The zero-order valence-electron chi connectivity index (χ0n) is 30.5. The monoisotopic (exact) mass is 3120 g/mol. The molecule has 0 aromatic carbocycles. The minimum Gasteiger partial charge on any atom is -0.412 e. The summed E-state index contributed by atoms with van der Waals surface area (Å²) < 4.78 is 0. The topological polar surface area (TPSA) is 1260 Å². The Balaban J connectivity index is 0. The van der Waals surface area contributed by atoms with Gasteiger partial charge in [-0.3, -0.25) is 0 Å². The fourth-order valence-electron chi connectivity index (χ4n) is 0. The van der Waals surface area contributed by atoms with Crippen LogP contribution in [0.3, 0.4) is 0 Å². The van der Waals surface area contributed by atoms with Crippen molar-refractivity contribution < 1.29 is 503 Å². The van der Waals surface area contributed by atoms with Crippen molar-refractivity contribution in [3.63, 3.8) is 0 Å². The molecule has 5 radical (unpaired) electrons. The summed E-state index contributed by atoms with van der Waals surface area (Å²) in [4.78, 5) is 0. The smallest absolute Gasteiger partial charge is 0 e. The van der Waals surface area contributed by atoms with Gasteiger partial charge in [-0.2, -0.15) is 0 Å². The van der Waals surface area contributed by atoms with Crippen molar-refractivity contribution in [3.05, 3.63) is 0 Å². The van der Waals surface area contributed by atoms with Gasteiger partial charge in [-0.1, -0.05) is 0 Å². The summed E-state index contributed by atoms with van der Waals surface area (Å²) >= 11 is 0. The van der Waals surface area contributed by atoms with Crippen LogP contribution < -0.4 is 0 Å². The van der Waals surface area contributed by atoms with E-state index in [2.05, 4.69) is 0 Å². The Labute approximate surface area is 740 Å². The summed E-state index contributed by atoms with van der Waals surface area (Å²) in [5, 5.41) is 0. The molecular formula is H80K5O40W11Zr2. The molecule has 58 heavy (non-hydrogen) atoms. The van der Waals surface area contributed by atoms with Gasteiger partial charge in [-0.05, 0) is 0 Å². The second-order valence-corrected chi connectivity index (χ2v) is 0. The van der Waals surface area contributed by atoms with E-state index < -0.39 is 0 Å². The maximum absolute atomic E-state index is 0. The Bertz CT molecular complexity index is 75.2. The van der Waals surface area contributed by atoms with E-state index in [0.29, 0.717) is 0 Å². The molecule has 0 atom stereocenters. The fourth-order valence-corrected chi connectivity index (χ4v) is 0. The Hall–Kier alpha value is 15.9. The molecule has 0 aliphatic heterocycles. The standard InChI is InChI=1S/5K.40H2O.11W.2Zr/h;;;;;40*1H2;;;;;;;;;;;;;. The van der Waals surface area contributed by atoms with Crippen LogP contribution in [0.15, 0.2) is 0 Å². The molecule has 0 spiro atoms. The van der Waals surface area contributed by atoms with Gasteiger partial charge in [0.1, 0.15) is 0 Å². The van der Waals surface area contributed by atoms with Crippen molar-refractivity contribution in [3.8, 4) is 0 Å².